The van der Waals surface area contributed by atoms with Crippen molar-refractivity contribution >= 4 is 17.6 Å². The van der Waals surface area contributed by atoms with Crippen molar-refractivity contribution in [2.75, 3.05) is 44.3 Å². The second-order valence-electron chi connectivity index (χ2n) is 6.26. The fourth-order valence-corrected chi connectivity index (χ4v) is 2.84. The van der Waals surface area contributed by atoms with Gasteiger partial charge in [0.1, 0.15) is 32.7 Å². The normalized spacial score (nSPS) is 21.1. The van der Waals surface area contributed by atoms with Gasteiger partial charge >= 0.3 is 0 Å². The summed E-state index contributed by atoms with van der Waals surface area (Å²) in [5.41, 5.74) is 7.99. The molecule has 23 heavy (non-hydrogen) atoms. The number of anilines is 3. The van der Waals surface area contributed by atoms with Gasteiger partial charge in [-0.05, 0) is 18.6 Å². The fourth-order valence-electron chi connectivity index (χ4n) is 2.84. The summed E-state index contributed by atoms with van der Waals surface area (Å²) in [6.07, 6.45) is 0. The summed E-state index contributed by atoms with van der Waals surface area (Å²) in [5, 5.41) is 3.24. The number of para-hydroxylation sites is 1. The van der Waals surface area contributed by atoms with Crippen molar-refractivity contribution in [2.45, 2.75) is 13.5 Å². The number of likely N-dealkylation sites (N-methyl/N-ethyl adjacent to an activating group) is 1. The summed E-state index contributed by atoms with van der Waals surface area (Å²) in [7, 11) is 2.24. The van der Waals surface area contributed by atoms with Crippen LogP contribution in [0.25, 0.3) is 0 Å². The number of hydrogen-bond donors (Lipinski definition) is 4. The summed E-state index contributed by atoms with van der Waals surface area (Å²) >= 11 is 0. The average Bonchev–Trinajstić information content (AvgIpc) is 2.51. The first-order valence-electron chi connectivity index (χ1n) is 8.08. The van der Waals surface area contributed by atoms with Crippen LogP contribution < -0.4 is 20.9 Å². The van der Waals surface area contributed by atoms with E-state index in [1.807, 2.05) is 31.2 Å². The van der Waals surface area contributed by atoms with Gasteiger partial charge in [0.2, 0.25) is 11.9 Å². The highest BCUT2D eigenvalue weighted by Crippen LogP contribution is 2.17. The monoisotopic (exact) mass is 315 g/mol. The van der Waals surface area contributed by atoms with Crippen LogP contribution in [-0.2, 0) is 6.54 Å². The van der Waals surface area contributed by atoms with Crippen LogP contribution in [0.15, 0.2) is 24.3 Å². The zero-order valence-corrected chi connectivity index (χ0v) is 13.8. The van der Waals surface area contributed by atoms with Gasteiger partial charge < -0.3 is 20.9 Å². The van der Waals surface area contributed by atoms with Crippen molar-refractivity contribution < 1.29 is 9.80 Å². The van der Waals surface area contributed by atoms with E-state index in [0.29, 0.717) is 5.95 Å². The number of rotatable bonds is 4. The van der Waals surface area contributed by atoms with Crippen molar-refractivity contribution in [3.8, 4) is 0 Å². The topological polar surface area (TPSA) is 85.6 Å². The molecule has 0 amide bonds. The van der Waals surface area contributed by atoms with Gasteiger partial charge in [0.05, 0.1) is 7.05 Å². The summed E-state index contributed by atoms with van der Waals surface area (Å²) in [6, 6.07) is 8.04. The molecule has 0 atom stereocenters. The minimum absolute atomic E-state index is 0.269. The van der Waals surface area contributed by atoms with Crippen LogP contribution in [0.1, 0.15) is 11.4 Å². The second-order valence-corrected chi connectivity index (χ2v) is 6.26. The molecule has 2 aromatic rings. The maximum Gasteiger partial charge on any atom is 0.232 e. The van der Waals surface area contributed by atoms with Gasteiger partial charge in [0.25, 0.3) is 0 Å². The highest BCUT2D eigenvalue weighted by atomic mass is 15.3. The lowest BCUT2D eigenvalue weighted by atomic mass is 10.2. The lowest BCUT2D eigenvalue weighted by Gasteiger charge is -2.26. The van der Waals surface area contributed by atoms with Gasteiger partial charge in [0.15, 0.2) is 5.82 Å². The van der Waals surface area contributed by atoms with Crippen LogP contribution in [0, 0.1) is 6.92 Å². The molecule has 1 fully saturated rings. The molecule has 7 nitrogen and oxygen atoms in total. The third-order valence-corrected chi connectivity index (χ3v) is 4.31. The standard InChI is InChI=1S/C16H23N7/c1-12-5-3-4-6-13(12)18-16-20-14(19-15(17)21-16)11-23-9-7-22(2)8-10-23/h3-6H,7-11H2,1-2H3,(H3,17,18,19,20,21)/p+2. The molecule has 1 aliphatic heterocycles. The lowest BCUT2D eigenvalue weighted by molar-refractivity contribution is -1.01. The van der Waals surface area contributed by atoms with Crippen molar-refractivity contribution in [2.24, 2.45) is 0 Å². The lowest BCUT2D eigenvalue weighted by Crippen LogP contribution is -3.26. The number of aryl methyl sites for hydroxylation is 1. The summed E-state index contributed by atoms with van der Waals surface area (Å²) in [6.45, 7) is 7.48. The van der Waals surface area contributed by atoms with Crippen LogP contribution >= 0.6 is 0 Å². The van der Waals surface area contributed by atoms with Crippen LogP contribution in [0.4, 0.5) is 17.6 Å². The molecular weight excluding hydrogens is 290 g/mol. The molecule has 0 saturated carbocycles. The molecule has 7 heteroatoms. The Balaban J connectivity index is 1.73. The molecule has 0 unspecified atom stereocenters. The van der Waals surface area contributed by atoms with Crippen molar-refractivity contribution in [1.29, 1.82) is 0 Å². The molecule has 0 aliphatic carbocycles. The van der Waals surface area contributed by atoms with Gasteiger partial charge in [-0.25, -0.2) is 0 Å². The Hall–Kier alpha value is -2.25. The molecule has 122 valence electrons. The zero-order valence-electron chi connectivity index (χ0n) is 13.8. The molecule has 1 aliphatic rings. The van der Waals surface area contributed by atoms with E-state index in [-0.39, 0.29) is 5.95 Å². The number of aromatic nitrogens is 3. The van der Waals surface area contributed by atoms with Crippen molar-refractivity contribution in [3.63, 3.8) is 0 Å². The first-order chi connectivity index (χ1) is 11.1. The van der Waals surface area contributed by atoms with E-state index >= 15 is 0 Å². The average molecular weight is 315 g/mol. The van der Waals surface area contributed by atoms with E-state index in [0.717, 1.165) is 36.7 Å². The molecule has 0 bridgehead atoms. The van der Waals surface area contributed by atoms with Gasteiger partial charge in [-0.1, -0.05) is 18.2 Å². The van der Waals surface area contributed by atoms with Crippen molar-refractivity contribution in [3.05, 3.63) is 35.7 Å². The van der Waals surface area contributed by atoms with Gasteiger partial charge in [-0.15, -0.1) is 0 Å². The quantitative estimate of drug-likeness (QED) is 0.547. The Morgan fingerprint density at radius 1 is 1.09 bits per heavy atom. The number of quaternary nitrogens is 2. The molecular formula is C16H25N7+2. The third-order valence-electron chi connectivity index (χ3n) is 4.31. The number of benzene rings is 1. The zero-order chi connectivity index (χ0) is 16.2. The maximum atomic E-state index is 5.86. The highest BCUT2D eigenvalue weighted by Gasteiger charge is 2.21. The number of nitrogens with one attached hydrogen (secondary N) is 3. The molecule has 2 heterocycles. The van der Waals surface area contributed by atoms with E-state index in [2.05, 4.69) is 27.3 Å². The van der Waals surface area contributed by atoms with Crippen LogP contribution in [0.5, 0.6) is 0 Å². The molecule has 3 rings (SSSR count). The van der Waals surface area contributed by atoms with E-state index in [4.69, 9.17) is 5.73 Å². The Kier molecular flexibility index (Phi) is 4.68. The predicted octanol–water partition coefficient (Wildman–Crippen LogP) is -1.58. The Labute approximate surface area is 136 Å². The number of nitrogen functional groups attached to an aromatic ring is 1. The molecule has 5 N–H and O–H groups in total. The smallest absolute Gasteiger partial charge is 0.232 e. The fraction of sp³-hybridized carbons (Fsp3) is 0.438. The number of nitrogens with two attached hydrogens (primary N) is 1. The molecule has 0 radical (unpaired) electrons. The maximum absolute atomic E-state index is 5.86. The number of piperazine rings is 1. The second kappa shape index (κ2) is 6.89. The predicted molar refractivity (Wildman–Crippen MR) is 89.7 cm³/mol. The first-order valence-corrected chi connectivity index (χ1v) is 8.08. The Morgan fingerprint density at radius 2 is 1.83 bits per heavy atom. The Bertz CT molecular complexity index is 665. The van der Waals surface area contributed by atoms with Gasteiger partial charge in [0, 0.05) is 5.69 Å². The van der Waals surface area contributed by atoms with Crippen LogP contribution in [-0.4, -0.2) is 48.2 Å². The Morgan fingerprint density at radius 3 is 2.57 bits per heavy atom. The van der Waals surface area contributed by atoms with Crippen molar-refractivity contribution in [1.82, 2.24) is 15.0 Å². The minimum atomic E-state index is 0.269. The molecule has 0 spiro atoms. The highest BCUT2D eigenvalue weighted by molar-refractivity contribution is 5.58. The molecule has 1 saturated heterocycles. The van der Waals surface area contributed by atoms with Gasteiger partial charge in [-0.3, -0.25) is 0 Å². The number of hydrogen-bond acceptors (Lipinski definition) is 5. The summed E-state index contributed by atoms with van der Waals surface area (Å²) in [5.74, 6) is 1.54. The van der Waals surface area contributed by atoms with E-state index in [9.17, 15) is 0 Å². The first kappa shape index (κ1) is 15.6. The van der Waals surface area contributed by atoms with E-state index in [1.54, 1.807) is 4.90 Å². The molecule has 1 aromatic carbocycles. The van der Waals surface area contributed by atoms with Crippen LogP contribution in [0.2, 0.25) is 0 Å². The largest absolute Gasteiger partial charge is 0.368 e. The van der Waals surface area contributed by atoms with Gasteiger partial charge in [-0.2, -0.15) is 15.0 Å². The van der Waals surface area contributed by atoms with E-state index in [1.165, 1.54) is 18.0 Å². The SMILES string of the molecule is Cc1ccccc1Nc1nc(N)nc(C[NH+]2CC[NH+](C)CC2)n1. The summed E-state index contributed by atoms with van der Waals surface area (Å²) < 4.78 is 0. The minimum Gasteiger partial charge on any atom is -0.368 e. The third kappa shape index (κ3) is 4.14. The van der Waals surface area contributed by atoms with E-state index < -0.39 is 0 Å². The molecule has 1 aromatic heterocycles. The summed E-state index contributed by atoms with van der Waals surface area (Å²) in [4.78, 5) is 16.1. The number of nitrogens with zero attached hydrogens (tertiary/aromatic N) is 3. The van der Waals surface area contributed by atoms with Crippen LogP contribution in [0.3, 0.4) is 0 Å².